The van der Waals surface area contributed by atoms with Crippen molar-refractivity contribution in [2.75, 3.05) is 39.8 Å². The van der Waals surface area contributed by atoms with Gasteiger partial charge in [0.1, 0.15) is 0 Å². The van der Waals surface area contributed by atoms with Crippen LogP contribution >= 0.6 is 11.6 Å². The molecule has 3 aromatic carbocycles. The summed E-state index contributed by atoms with van der Waals surface area (Å²) in [5, 5.41) is 0.682. The number of methoxy groups -OCH3 is 1. The van der Waals surface area contributed by atoms with Gasteiger partial charge in [0.2, 0.25) is 5.91 Å². The van der Waals surface area contributed by atoms with E-state index in [1.165, 1.54) is 7.11 Å². The number of esters is 1. The largest absolute Gasteiger partial charge is 0.465 e. The average molecular weight is 535 g/mol. The number of rotatable bonds is 10. The van der Waals surface area contributed by atoms with E-state index in [-0.39, 0.29) is 23.9 Å². The predicted octanol–water partition coefficient (Wildman–Crippen LogP) is 5.72. The quantitative estimate of drug-likeness (QED) is 0.311. The summed E-state index contributed by atoms with van der Waals surface area (Å²) in [5.41, 5.74) is 3.61. The molecule has 38 heavy (non-hydrogen) atoms. The summed E-state index contributed by atoms with van der Waals surface area (Å²) >= 11 is 6.13. The first-order valence-electron chi connectivity index (χ1n) is 13.1. The molecule has 0 radical (unpaired) electrons. The second kappa shape index (κ2) is 13.6. The summed E-state index contributed by atoms with van der Waals surface area (Å²) in [7, 11) is 1.37. The summed E-state index contributed by atoms with van der Waals surface area (Å²) in [6.45, 7) is 6.16. The summed E-state index contributed by atoms with van der Waals surface area (Å²) in [4.78, 5) is 29.4. The Bertz CT molecular complexity index is 1180. The maximum absolute atomic E-state index is 13.3. The van der Waals surface area contributed by atoms with E-state index in [0.717, 1.165) is 36.2 Å². The molecule has 0 aliphatic carbocycles. The van der Waals surface area contributed by atoms with Crippen molar-refractivity contribution < 1.29 is 19.1 Å². The molecule has 1 aliphatic heterocycles. The summed E-state index contributed by atoms with van der Waals surface area (Å²) in [6, 6.07) is 25.1. The van der Waals surface area contributed by atoms with Gasteiger partial charge in [0.05, 0.1) is 31.3 Å². The lowest BCUT2D eigenvalue weighted by Gasteiger charge is -2.38. The lowest BCUT2D eigenvalue weighted by Crippen LogP contribution is -2.50. The second-order valence-electron chi connectivity index (χ2n) is 9.54. The van der Waals surface area contributed by atoms with E-state index in [2.05, 4.69) is 11.8 Å². The normalized spacial score (nSPS) is 15.6. The van der Waals surface area contributed by atoms with Crippen LogP contribution in [0.4, 0.5) is 0 Å². The molecule has 0 N–H and O–H groups in total. The van der Waals surface area contributed by atoms with Crippen molar-refractivity contribution in [3.8, 4) is 0 Å². The zero-order chi connectivity index (χ0) is 26.9. The average Bonchev–Trinajstić information content (AvgIpc) is 2.97. The first-order valence-corrected chi connectivity index (χ1v) is 13.5. The van der Waals surface area contributed by atoms with Gasteiger partial charge >= 0.3 is 5.97 Å². The Hall–Kier alpha value is -3.19. The first-order chi connectivity index (χ1) is 18.5. The predicted molar refractivity (Wildman–Crippen MR) is 149 cm³/mol. The number of hydrogen-bond acceptors (Lipinski definition) is 5. The summed E-state index contributed by atoms with van der Waals surface area (Å²) in [6.07, 6.45) is 0.624. The third kappa shape index (κ3) is 7.22. The van der Waals surface area contributed by atoms with Crippen LogP contribution in [0.1, 0.15) is 52.4 Å². The van der Waals surface area contributed by atoms with Crippen LogP contribution in [0.2, 0.25) is 5.02 Å². The minimum Gasteiger partial charge on any atom is -0.465 e. The van der Waals surface area contributed by atoms with Crippen molar-refractivity contribution in [3.63, 3.8) is 0 Å². The van der Waals surface area contributed by atoms with Crippen molar-refractivity contribution in [2.45, 2.75) is 32.0 Å². The van der Waals surface area contributed by atoms with Crippen LogP contribution in [0.15, 0.2) is 78.9 Å². The second-order valence-corrected chi connectivity index (χ2v) is 9.97. The third-order valence-electron chi connectivity index (χ3n) is 7.08. The van der Waals surface area contributed by atoms with Crippen LogP contribution in [0.3, 0.4) is 0 Å². The van der Waals surface area contributed by atoms with Crippen molar-refractivity contribution in [1.29, 1.82) is 0 Å². The van der Waals surface area contributed by atoms with E-state index in [1.54, 1.807) is 12.1 Å². The van der Waals surface area contributed by atoms with E-state index in [0.29, 0.717) is 36.8 Å². The van der Waals surface area contributed by atoms with Gasteiger partial charge in [0.15, 0.2) is 0 Å². The minimum absolute atomic E-state index is 0.0986. The highest BCUT2D eigenvalue weighted by atomic mass is 35.5. The fourth-order valence-electron chi connectivity index (χ4n) is 4.83. The standard InChI is InChI=1S/C31H35ClN2O4/c1-3-28(24-7-5-4-6-8-24)30(35)34-19-17-33(18-20-34)21-29(25-13-15-27(32)16-14-25)38-22-23-9-11-26(12-10-23)31(36)37-2/h4-16,28-29H,3,17-22H2,1-2H3/t28-,29-/m0/s1. The van der Waals surface area contributed by atoms with Gasteiger partial charge in [0.25, 0.3) is 0 Å². The van der Waals surface area contributed by atoms with E-state index in [1.807, 2.05) is 71.6 Å². The molecular weight excluding hydrogens is 500 g/mol. The molecule has 1 amide bonds. The Morgan fingerprint density at radius 3 is 2.13 bits per heavy atom. The number of halogens is 1. The van der Waals surface area contributed by atoms with Crippen LogP contribution in [-0.2, 0) is 20.9 Å². The van der Waals surface area contributed by atoms with Gasteiger partial charge in [-0.1, -0.05) is 73.1 Å². The number of hydrogen-bond donors (Lipinski definition) is 0. The zero-order valence-corrected chi connectivity index (χ0v) is 22.8. The Balaban J connectivity index is 1.37. The Labute approximate surface area is 230 Å². The molecule has 0 bridgehead atoms. The van der Waals surface area contributed by atoms with E-state index < -0.39 is 0 Å². The molecule has 3 aromatic rings. The molecule has 200 valence electrons. The van der Waals surface area contributed by atoms with E-state index in [4.69, 9.17) is 21.1 Å². The maximum atomic E-state index is 13.3. The Kier molecular flexibility index (Phi) is 9.93. The van der Waals surface area contributed by atoms with Gasteiger partial charge in [-0.15, -0.1) is 0 Å². The van der Waals surface area contributed by atoms with Crippen LogP contribution in [0.25, 0.3) is 0 Å². The van der Waals surface area contributed by atoms with Gasteiger partial charge in [-0.25, -0.2) is 4.79 Å². The number of amides is 1. The first kappa shape index (κ1) is 27.8. The van der Waals surface area contributed by atoms with Crippen molar-refractivity contribution in [2.24, 2.45) is 0 Å². The zero-order valence-electron chi connectivity index (χ0n) is 22.0. The SMILES string of the molecule is CC[C@H](C(=O)N1CCN(C[C@H](OCc2ccc(C(=O)OC)cc2)c2ccc(Cl)cc2)CC1)c1ccccc1. The molecule has 2 atom stereocenters. The van der Waals surface area contributed by atoms with Gasteiger partial charge in [0, 0.05) is 37.7 Å². The van der Waals surface area contributed by atoms with Crippen molar-refractivity contribution in [1.82, 2.24) is 9.80 Å². The minimum atomic E-state index is -0.358. The van der Waals surface area contributed by atoms with Crippen LogP contribution in [-0.4, -0.2) is 61.5 Å². The van der Waals surface area contributed by atoms with Crippen molar-refractivity contribution in [3.05, 3.63) is 106 Å². The molecule has 1 heterocycles. The van der Waals surface area contributed by atoms with Crippen molar-refractivity contribution >= 4 is 23.5 Å². The molecule has 7 heteroatoms. The lowest BCUT2D eigenvalue weighted by molar-refractivity contribution is -0.135. The highest BCUT2D eigenvalue weighted by molar-refractivity contribution is 6.30. The Morgan fingerprint density at radius 2 is 1.53 bits per heavy atom. The molecule has 6 nitrogen and oxygen atoms in total. The van der Waals surface area contributed by atoms with Crippen LogP contribution in [0, 0.1) is 0 Å². The number of nitrogens with zero attached hydrogens (tertiary/aromatic N) is 2. The molecule has 0 aromatic heterocycles. The number of carbonyl (C=O) groups is 2. The molecule has 0 spiro atoms. The number of carbonyl (C=O) groups excluding carboxylic acids is 2. The van der Waals surface area contributed by atoms with Gasteiger partial charge in [-0.2, -0.15) is 0 Å². The highest BCUT2D eigenvalue weighted by Gasteiger charge is 2.28. The topological polar surface area (TPSA) is 59.1 Å². The fraction of sp³-hybridized carbons (Fsp3) is 0.355. The van der Waals surface area contributed by atoms with E-state index >= 15 is 0 Å². The molecule has 4 rings (SSSR count). The van der Waals surface area contributed by atoms with Gasteiger partial charge < -0.3 is 14.4 Å². The number of benzene rings is 3. The molecule has 1 aliphatic rings. The smallest absolute Gasteiger partial charge is 0.337 e. The summed E-state index contributed by atoms with van der Waals surface area (Å²) in [5.74, 6) is -0.249. The fourth-order valence-corrected chi connectivity index (χ4v) is 4.95. The van der Waals surface area contributed by atoms with Crippen LogP contribution < -0.4 is 0 Å². The molecule has 0 saturated carbocycles. The van der Waals surface area contributed by atoms with Gasteiger partial charge in [-0.3, -0.25) is 9.69 Å². The highest BCUT2D eigenvalue weighted by Crippen LogP contribution is 2.25. The third-order valence-corrected chi connectivity index (χ3v) is 7.34. The van der Waals surface area contributed by atoms with Gasteiger partial charge in [-0.05, 0) is 47.4 Å². The lowest BCUT2D eigenvalue weighted by atomic mass is 9.95. The molecule has 1 fully saturated rings. The monoisotopic (exact) mass is 534 g/mol. The maximum Gasteiger partial charge on any atom is 0.337 e. The molecule has 1 saturated heterocycles. The number of piperazine rings is 1. The van der Waals surface area contributed by atoms with E-state index in [9.17, 15) is 9.59 Å². The van der Waals surface area contributed by atoms with Crippen LogP contribution in [0.5, 0.6) is 0 Å². The number of ether oxygens (including phenoxy) is 2. The molecule has 0 unspecified atom stereocenters. The Morgan fingerprint density at radius 1 is 0.868 bits per heavy atom. The molecular formula is C31H35ClN2O4. The summed E-state index contributed by atoms with van der Waals surface area (Å²) < 4.78 is 11.2.